The highest BCUT2D eigenvalue weighted by Gasteiger charge is 2.26. The van der Waals surface area contributed by atoms with Crippen molar-refractivity contribution in [1.82, 2.24) is 15.1 Å². The SMILES string of the molecule is CCNC(=NCc1cccc(CN2CCCC2=O)c1)N1CCC(c2ccccc2)C1. The van der Waals surface area contributed by atoms with E-state index < -0.39 is 0 Å². The average Bonchev–Trinajstić information content (AvgIpc) is 3.42. The van der Waals surface area contributed by atoms with E-state index in [2.05, 4.69) is 71.7 Å². The number of nitrogens with one attached hydrogen (secondary N) is 1. The van der Waals surface area contributed by atoms with Gasteiger partial charge in [0.2, 0.25) is 5.91 Å². The highest BCUT2D eigenvalue weighted by molar-refractivity contribution is 5.80. The first-order valence-electron chi connectivity index (χ1n) is 11.2. The van der Waals surface area contributed by atoms with Crippen LogP contribution in [0.15, 0.2) is 59.6 Å². The van der Waals surface area contributed by atoms with Crippen LogP contribution >= 0.6 is 0 Å². The lowest BCUT2D eigenvalue weighted by atomic mass is 9.99. The Morgan fingerprint density at radius 3 is 2.70 bits per heavy atom. The maximum atomic E-state index is 11.9. The van der Waals surface area contributed by atoms with Gasteiger partial charge in [-0.15, -0.1) is 0 Å². The van der Waals surface area contributed by atoms with Gasteiger partial charge >= 0.3 is 0 Å². The summed E-state index contributed by atoms with van der Waals surface area (Å²) in [6.07, 6.45) is 2.83. The number of benzene rings is 2. The fourth-order valence-corrected chi connectivity index (χ4v) is 4.46. The Bertz CT molecular complexity index is 880. The summed E-state index contributed by atoms with van der Waals surface area (Å²) < 4.78 is 0. The van der Waals surface area contributed by atoms with Crippen molar-refractivity contribution < 1.29 is 4.79 Å². The first kappa shape index (κ1) is 20.5. The zero-order valence-electron chi connectivity index (χ0n) is 17.9. The van der Waals surface area contributed by atoms with Gasteiger partial charge in [0, 0.05) is 45.1 Å². The summed E-state index contributed by atoms with van der Waals surface area (Å²) >= 11 is 0. The monoisotopic (exact) mass is 404 g/mol. The average molecular weight is 405 g/mol. The zero-order valence-corrected chi connectivity index (χ0v) is 17.9. The number of guanidine groups is 1. The van der Waals surface area contributed by atoms with Crippen molar-refractivity contribution in [1.29, 1.82) is 0 Å². The molecule has 1 atom stereocenters. The Kier molecular flexibility index (Phi) is 6.67. The molecule has 0 saturated carbocycles. The molecule has 2 aliphatic rings. The lowest BCUT2D eigenvalue weighted by Gasteiger charge is -2.22. The lowest BCUT2D eigenvalue weighted by molar-refractivity contribution is -0.128. The quantitative estimate of drug-likeness (QED) is 0.589. The topological polar surface area (TPSA) is 47.9 Å². The third-order valence-corrected chi connectivity index (χ3v) is 6.04. The third-order valence-electron chi connectivity index (χ3n) is 6.04. The van der Waals surface area contributed by atoms with Gasteiger partial charge in [-0.3, -0.25) is 4.79 Å². The first-order chi connectivity index (χ1) is 14.7. The maximum absolute atomic E-state index is 11.9. The normalized spacial score (nSPS) is 19.6. The van der Waals surface area contributed by atoms with E-state index in [0.717, 1.165) is 45.0 Å². The molecular weight excluding hydrogens is 372 g/mol. The molecule has 1 unspecified atom stereocenters. The number of amides is 1. The highest BCUT2D eigenvalue weighted by Crippen LogP contribution is 2.27. The molecule has 158 valence electrons. The van der Waals surface area contributed by atoms with Crippen molar-refractivity contribution >= 4 is 11.9 Å². The highest BCUT2D eigenvalue weighted by atomic mass is 16.2. The molecule has 2 aromatic rings. The molecule has 4 rings (SSSR count). The van der Waals surface area contributed by atoms with Crippen LogP contribution in [0.1, 0.15) is 48.8 Å². The minimum absolute atomic E-state index is 0.273. The molecule has 0 radical (unpaired) electrons. The Hall–Kier alpha value is -2.82. The van der Waals surface area contributed by atoms with E-state index in [1.54, 1.807) is 0 Å². The van der Waals surface area contributed by atoms with Gasteiger partial charge in [0.25, 0.3) is 0 Å². The second kappa shape index (κ2) is 9.79. The molecule has 2 heterocycles. The van der Waals surface area contributed by atoms with Crippen molar-refractivity contribution in [3.05, 3.63) is 71.3 Å². The van der Waals surface area contributed by atoms with Crippen LogP contribution in [-0.4, -0.2) is 47.8 Å². The van der Waals surface area contributed by atoms with Gasteiger partial charge in [-0.2, -0.15) is 0 Å². The summed E-state index contributed by atoms with van der Waals surface area (Å²) in [6, 6.07) is 19.3. The molecule has 1 N–H and O–H groups in total. The summed E-state index contributed by atoms with van der Waals surface area (Å²) in [6.45, 7) is 7.26. The fourth-order valence-electron chi connectivity index (χ4n) is 4.46. The molecule has 0 aliphatic carbocycles. The van der Waals surface area contributed by atoms with Crippen LogP contribution in [0, 0.1) is 0 Å². The van der Waals surface area contributed by atoms with Crippen LogP contribution < -0.4 is 5.32 Å². The van der Waals surface area contributed by atoms with Crippen molar-refractivity contribution in [2.75, 3.05) is 26.2 Å². The van der Waals surface area contributed by atoms with Gasteiger partial charge in [0.05, 0.1) is 6.54 Å². The van der Waals surface area contributed by atoms with Gasteiger partial charge in [0.15, 0.2) is 5.96 Å². The van der Waals surface area contributed by atoms with Crippen LogP contribution in [0.2, 0.25) is 0 Å². The second-order valence-corrected chi connectivity index (χ2v) is 8.25. The molecule has 5 nitrogen and oxygen atoms in total. The molecule has 0 aromatic heterocycles. The van der Waals surface area contributed by atoms with E-state index in [-0.39, 0.29) is 5.91 Å². The second-order valence-electron chi connectivity index (χ2n) is 8.25. The molecule has 2 fully saturated rings. The largest absolute Gasteiger partial charge is 0.357 e. The van der Waals surface area contributed by atoms with Crippen molar-refractivity contribution in [3.8, 4) is 0 Å². The van der Waals surface area contributed by atoms with Crippen LogP contribution in [0.3, 0.4) is 0 Å². The summed E-state index contributed by atoms with van der Waals surface area (Å²) in [4.78, 5) is 21.2. The summed E-state index contributed by atoms with van der Waals surface area (Å²) in [5.74, 6) is 1.84. The molecule has 2 aliphatic heterocycles. The molecular formula is C25H32N4O. The van der Waals surface area contributed by atoms with E-state index in [0.29, 0.717) is 25.4 Å². The molecule has 5 heteroatoms. The number of nitrogens with zero attached hydrogens (tertiary/aromatic N) is 3. The predicted octanol–water partition coefficient (Wildman–Crippen LogP) is 3.76. The van der Waals surface area contributed by atoms with E-state index in [1.165, 1.54) is 16.7 Å². The van der Waals surface area contributed by atoms with Crippen molar-refractivity contribution in [2.45, 2.75) is 45.2 Å². The molecule has 30 heavy (non-hydrogen) atoms. The van der Waals surface area contributed by atoms with Gasteiger partial charge in [0.1, 0.15) is 0 Å². The molecule has 2 aromatic carbocycles. The number of carbonyl (C=O) groups excluding carboxylic acids is 1. The molecule has 1 amide bonds. The number of aliphatic imine (C=N–C) groups is 1. The summed E-state index contributed by atoms with van der Waals surface area (Å²) in [5.41, 5.74) is 3.79. The first-order valence-corrected chi connectivity index (χ1v) is 11.2. The summed E-state index contributed by atoms with van der Waals surface area (Å²) in [5, 5.41) is 3.47. The number of carbonyl (C=O) groups is 1. The van der Waals surface area contributed by atoms with Crippen LogP contribution in [0.4, 0.5) is 0 Å². The van der Waals surface area contributed by atoms with Gasteiger partial charge in [-0.25, -0.2) is 4.99 Å². The number of hydrogen-bond acceptors (Lipinski definition) is 2. The fraction of sp³-hybridized carbons (Fsp3) is 0.440. The summed E-state index contributed by atoms with van der Waals surface area (Å²) in [7, 11) is 0. The molecule has 2 saturated heterocycles. The molecule has 0 spiro atoms. The van der Waals surface area contributed by atoms with Gasteiger partial charge in [-0.05, 0) is 36.5 Å². The molecule has 0 bridgehead atoms. The van der Waals surface area contributed by atoms with Crippen molar-refractivity contribution in [3.63, 3.8) is 0 Å². The van der Waals surface area contributed by atoms with Crippen LogP contribution in [0.5, 0.6) is 0 Å². The van der Waals surface area contributed by atoms with Crippen LogP contribution in [-0.2, 0) is 17.9 Å². The van der Waals surface area contributed by atoms with Gasteiger partial charge < -0.3 is 15.1 Å². The zero-order chi connectivity index (χ0) is 20.8. The van der Waals surface area contributed by atoms with E-state index in [9.17, 15) is 4.79 Å². The minimum atomic E-state index is 0.273. The number of hydrogen-bond donors (Lipinski definition) is 1. The Morgan fingerprint density at radius 2 is 1.93 bits per heavy atom. The smallest absolute Gasteiger partial charge is 0.222 e. The standard InChI is InChI=1S/C25H32N4O/c1-2-26-25(29-15-13-23(19-29)22-10-4-3-5-11-22)27-17-20-8-6-9-21(16-20)18-28-14-7-12-24(28)30/h3-6,8-11,16,23H,2,7,12-15,17-19H2,1H3,(H,26,27). The Morgan fingerprint density at radius 1 is 1.10 bits per heavy atom. The maximum Gasteiger partial charge on any atom is 0.222 e. The van der Waals surface area contributed by atoms with Crippen molar-refractivity contribution in [2.24, 2.45) is 4.99 Å². The lowest BCUT2D eigenvalue weighted by Crippen LogP contribution is -2.40. The van der Waals surface area contributed by atoms with Gasteiger partial charge in [-0.1, -0.05) is 54.6 Å². The number of rotatable bonds is 6. The van der Waals surface area contributed by atoms with E-state index in [4.69, 9.17) is 4.99 Å². The van der Waals surface area contributed by atoms with E-state index >= 15 is 0 Å². The minimum Gasteiger partial charge on any atom is -0.357 e. The Labute approximate surface area is 179 Å². The van der Waals surface area contributed by atoms with Crippen LogP contribution in [0.25, 0.3) is 0 Å². The van der Waals surface area contributed by atoms with E-state index in [1.807, 2.05) is 4.90 Å². The Balaban J connectivity index is 1.40. The third kappa shape index (κ3) is 5.02. The number of likely N-dealkylation sites (tertiary alicyclic amines) is 2. The predicted molar refractivity (Wildman–Crippen MR) is 121 cm³/mol.